The molecule has 2 aromatic rings. The van der Waals surface area contributed by atoms with Crippen LogP contribution in [0, 0.1) is 27.7 Å². The lowest BCUT2D eigenvalue weighted by molar-refractivity contribution is 0.433. The van der Waals surface area contributed by atoms with Crippen LogP contribution in [0.1, 0.15) is 47.2 Å². The van der Waals surface area contributed by atoms with Crippen LogP contribution in [0.2, 0.25) is 0 Å². The van der Waals surface area contributed by atoms with Gasteiger partial charge in [0.25, 0.3) is 0 Å². The Bertz CT molecular complexity index is 591. The highest BCUT2D eigenvalue weighted by atomic mass is 16.3. The lowest BCUT2D eigenvalue weighted by Gasteiger charge is -2.31. The monoisotopic (exact) mass is 284 g/mol. The second-order valence-electron chi connectivity index (χ2n) is 6.58. The third kappa shape index (κ3) is 2.63. The van der Waals surface area contributed by atoms with Crippen molar-refractivity contribution in [3.8, 4) is 11.5 Å². The van der Waals surface area contributed by atoms with E-state index in [2.05, 4.69) is 12.1 Å². The van der Waals surface area contributed by atoms with E-state index in [-0.39, 0.29) is 11.5 Å². The molecule has 0 amide bonds. The molecule has 0 bridgehead atoms. The molecule has 0 spiro atoms. The van der Waals surface area contributed by atoms with Gasteiger partial charge in [0, 0.05) is 16.5 Å². The van der Waals surface area contributed by atoms with Gasteiger partial charge in [-0.05, 0) is 62.1 Å². The zero-order chi connectivity index (χ0) is 15.9. The third-order valence-electron chi connectivity index (χ3n) is 4.17. The van der Waals surface area contributed by atoms with Gasteiger partial charge in [-0.2, -0.15) is 0 Å². The molecular weight excluding hydrogens is 260 g/mol. The SMILES string of the molecule is Cc1cc(C)c(C(C)(C)c2c(C)cc(C)cc2O)c(O)c1. The minimum atomic E-state index is -0.469. The fourth-order valence-electron chi connectivity index (χ4n) is 3.64. The lowest BCUT2D eigenvalue weighted by Crippen LogP contribution is -2.22. The second kappa shape index (κ2) is 5.10. The summed E-state index contributed by atoms with van der Waals surface area (Å²) in [5.74, 6) is 0.578. The van der Waals surface area contributed by atoms with Crippen molar-refractivity contribution in [3.63, 3.8) is 0 Å². The Morgan fingerprint density at radius 2 is 1.00 bits per heavy atom. The first-order valence-electron chi connectivity index (χ1n) is 7.26. The summed E-state index contributed by atoms with van der Waals surface area (Å²) in [6.07, 6.45) is 0. The van der Waals surface area contributed by atoms with Crippen LogP contribution in [0.25, 0.3) is 0 Å². The van der Waals surface area contributed by atoms with Crippen LogP contribution in [0.5, 0.6) is 11.5 Å². The topological polar surface area (TPSA) is 40.5 Å². The summed E-state index contributed by atoms with van der Waals surface area (Å²) in [6.45, 7) is 12.0. The molecule has 0 aliphatic rings. The van der Waals surface area contributed by atoms with Crippen molar-refractivity contribution in [1.29, 1.82) is 0 Å². The molecule has 0 unspecified atom stereocenters. The van der Waals surface area contributed by atoms with Gasteiger partial charge in [0.1, 0.15) is 11.5 Å². The molecule has 0 aromatic heterocycles. The van der Waals surface area contributed by atoms with Gasteiger partial charge in [-0.3, -0.25) is 0 Å². The Morgan fingerprint density at radius 1 is 0.667 bits per heavy atom. The fraction of sp³-hybridized carbons (Fsp3) is 0.368. The van der Waals surface area contributed by atoms with E-state index < -0.39 is 5.41 Å². The van der Waals surface area contributed by atoms with Crippen molar-refractivity contribution in [3.05, 3.63) is 57.6 Å². The van der Waals surface area contributed by atoms with Crippen LogP contribution < -0.4 is 0 Å². The maximum atomic E-state index is 10.4. The summed E-state index contributed by atoms with van der Waals surface area (Å²) in [5.41, 5.74) is 5.42. The Hall–Kier alpha value is -1.96. The number of phenolic OH excluding ortho intramolecular Hbond substituents is 2. The zero-order valence-corrected chi connectivity index (χ0v) is 13.7. The van der Waals surface area contributed by atoms with Crippen LogP contribution in [0.4, 0.5) is 0 Å². The molecule has 21 heavy (non-hydrogen) atoms. The van der Waals surface area contributed by atoms with E-state index in [0.29, 0.717) is 0 Å². The van der Waals surface area contributed by atoms with Crippen molar-refractivity contribution >= 4 is 0 Å². The van der Waals surface area contributed by atoms with Gasteiger partial charge in [0.05, 0.1) is 0 Å². The lowest BCUT2D eigenvalue weighted by atomic mass is 9.73. The van der Waals surface area contributed by atoms with E-state index in [4.69, 9.17) is 0 Å². The van der Waals surface area contributed by atoms with Gasteiger partial charge in [-0.1, -0.05) is 26.0 Å². The Morgan fingerprint density at radius 3 is 1.29 bits per heavy atom. The summed E-state index contributed by atoms with van der Waals surface area (Å²) < 4.78 is 0. The number of aromatic hydroxyl groups is 2. The molecule has 2 aromatic carbocycles. The molecule has 0 saturated heterocycles. The molecule has 112 valence electrons. The standard InChI is InChI=1S/C19H24O2/c1-11-7-13(3)17(15(20)9-11)19(5,6)18-14(4)8-12(2)10-16(18)21/h7-10,20-21H,1-6H3. The molecule has 0 fully saturated rings. The Kier molecular flexibility index (Phi) is 3.75. The summed E-state index contributed by atoms with van der Waals surface area (Å²) in [4.78, 5) is 0. The molecule has 0 saturated carbocycles. The van der Waals surface area contributed by atoms with Gasteiger partial charge < -0.3 is 10.2 Å². The van der Waals surface area contributed by atoms with E-state index in [1.165, 1.54) is 0 Å². The molecule has 0 aliphatic carbocycles. The molecule has 2 rings (SSSR count). The van der Waals surface area contributed by atoms with Gasteiger partial charge in [0.2, 0.25) is 0 Å². The predicted molar refractivity (Wildman–Crippen MR) is 87.3 cm³/mol. The molecule has 2 nitrogen and oxygen atoms in total. The summed E-state index contributed by atoms with van der Waals surface area (Å²) in [5, 5.41) is 20.8. The van der Waals surface area contributed by atoms with E-state index in [9.17, 15) is 10.2 Å². The quantitative estimate of drug-likeness (QED) is 0.842. The van der Waals surface area contributed by atoms with Crippen LogP contribution >= 0.6 is 0 Å². The number of rotatable bonds is 2. The number of benzene rings is 2. The normalized spacial score (nSPS) is 11.7. The van der Waals surface area contributed by atoms with Crippen LogP contribution in [0.3, 0.4) is 0 Å². The molecule has 2 N–H and O–H groups in total. The van der Waals surface area contributed by atoms with Gasteiger partial charge >= 0.3 is 0 Å². The number of hydrogen-bond acceptors (Lipinski definition) is 2. The number of phenols is 2. The summed E-state index contributed by atoms with van der Waals surface area (Å²) in [7, 11) is 0. The van der Waals surface area contributed by atoms with E-state index in [0.717, 1.165) is 33.4 Å². The number of aryl methyl sites for hydroxylation is 4. The van der Waals surface area contributed by atoms with Crippen LogP contribution in [0.15, 0.2) is 24.3 Å². The molecule has 0 atom stereocenters. The van der Waals surface area contributed by atoms with Crippen LogP contribution in [-0.2, 0) is 5.41 Å². The summed E-state index contributed by atoms with van der Waals surface area (Å²) >= 11 is 0. The van der Waals surface area contributed by atoms with Crippen molar-refractivity contribution in [2.45, 2.75) is 47.0 Å². The molecule has 0 heterocycles. The minimum absolute atomic E-state index is 0.289. The Balaban J connectivity index is 2.74. The van der Waals surface area contributed by atoms with E-state index in [1.807, 2.05) is 41.5 Å². The maximum Gasteiger partial charge on any atom is 0.120 e. The zero-order valence-electron chi connectivity index (χ0n) is 13.7. The molecule has 2 heteroatoms. The highest BCUT2D eigenvalue weighted by Gasteiger charge is 2.32. The second-order valence-corrected chi connectivity index (χ2v) is 6.58. The maximum absolute atomic E-state index is 10.4. The van der Waals surface area contributed by atoms with E-state index >= 15 is 0 Å². The van der Waals surface area contributed by atoms with Crippen molar-refractivity contribution in [2.75, 3.05) is 0 Å². The van der Waals surface area contributed by atoms with Crippen molar-refractivity contribution in [2.24, 2.45) is 0 Å². The predicted octanol–water partition coefficient (Wildman–Crippen LogP) is 4.66. The summed E-state index contributed by atoms with van der Waals surface area (Å²) in [6, 6.07) is 7.70. The first-order valence-corrected chi connectivity index (χ1v) is 7.26. The van der Waals surface area contributed by atoms with Crippen molar-refractivity contribution in [1.82, 2.24) is 0 Å². The highest BCUT2D eigenvalue weighted by molar-refractivity contribution is 5.57. The van der Waals surface area contributed by atoms with Crippen molar-refractivity contribution < 1.29 is 10.2 Å². The average Bonchev–Trinajstić information content (AvgIpc) is 2.23. The first-order chi connectivity index (χ1) is 9.64. The molecule has 0 aliphatic heterocycles. The minimum Gasteiger partial charge on any atom is -0.508 e. The van der Waals surface area contributed by atoms with Gasteiger partial charge in [-0.25, -0.2) is 0 Å². The van der Waals surface area contributed by atoms with Crippen LogP contribution in [-0.4, -0.2) is 10.2 Å². The molecular formula is C19H24O2. The Labute approximate surface area is 127 Å². The first kappa shape index (κ1) is 15.4. The van der Waals surface area contributed by atoms with E-state index in [1.54, 1.807) is 12.1 Å². The number of hydrogen-bond donors (Lipinski definition) is 2. The smallest absolute Gasteiger partial charge is 0.120 e. The van der Waals surface area contributed by atoms with Gasteiger partial charge in [-0.15, -0.1) is 0 Å². The average molecular weight is 284 g/mol. The third-order valence-corrected chi connectivity index (χ3v) is 4.17. The van der Waals surface area contributed by atoms with Gasteiger partial charge in [0.15, 0.2) is 0 Å². The molecule has 0 radical (unpaired) electrons. The fourth-order valence-corrected chi connectivity index (χ4v) is 3.64. The largest absolute Gasteiger partial charge is 0.508 e. The highest BCUT2D eigenvalue weighted by Crippen LogP contribution is 2.44.